The molecule has 0 radical (unpaired) electrons. The maximum absolute atomic E-state index is 14.0. The SMILES string of the molecule is CCOC(=O)c1ccc(Nc2nc(N)c(C(=O)c3c(F)cccc3Cl)s2)cc1. The number of hydrogen-bond acceptors (Lipinski definition) is 7. The molecule has 0 amide bonds. The minimum absolute atomic E-state index is 0.00173. The number of rotatable bonds is 6. The Morgan fingerprint density at radius 3 is 2.61 bits per heavy atom. The fourth-order valence-electron chi connectivity index (χ4n) is 2.40. The minimum Gasteiger partial charge on any atom is -0.462 e. The van der Waals surface area contributed by atoms with Crippen LogP contribution >= 0.6 is 22.9 Å². The molecular formula is C19H15ClFN3O3S. The molecule has 0 spiro atoms. The highest BCUT2D eigenvalue weighted by molar-refractivity contribution is 7.18. The number of esters is 1. The van der Waals surface area contributed by atoms with Gasteiger partial charge in [-0.2, -0.15) is 0 Å². The van der Waals surface area contributed by atoms with Gasteiger partial charge in [0.25, 0.3) is 0 Å². The van der Waals surface area contributed by atoms with Gasteiger partial charge in [0, 0.05) is 5.69 Å². The molecule has 0 fully saturated rings. The Labute approximate surface area is 169 Å². The number of nitrogens with two attached hydrogens (primary N) is 1. The Morgan fingerprint density at radius 2 is 1.96 bits per heavy atom. The molecule has 0 unspecified atom stereocenters. The number of nitrogens with zero attached hydrogens (tertiary/aromatic N) is 1. The number of benzene rings is 2. The average molecular weight is 420 g/mol. The van der Waals surface area contributed by atoms with Crippen LogP contribution in [0.4, 0.5) is 21.0 Å². The van der Waals surface area contributed by atoms with Gasteiger partial charge in [-0.1, -0.05) is 29.0 Å². The maximum atomic E-state index is 14.0. The van der Waals surface area contributed by atoms with Gasteiger partial charge in [0.1, 0.15) is 16.5 Å². The molecule has 0 aliphatic rings. The lowest BCUT2D eigenvalue weighted by molar-refractivity contribution is 0.0526. The van der Waals surface area contributed by atoms with Crippen LogP contribution in [0.1, 0.15) is 32.5 Å². The van der Waals surface area contributed by atoms with E-state index in [2.05, 4.69) is 10.3 Å². The van der Waals surface area contributed by atoms with Crippen LogP contribution in [0, 0.1) is 5.82 Å². The van der Waals surface area contributed by atoms with Crippen molar-refractivity contribution < 1.29 is 18.7 Å². The Bertz CT molecular complexity index is 1020. The number of thiazole rings is 1. The van der Waals surface area contributed by atoms with Crippen LogP contribution in [0.5, 0.6) is 0 Å². The number of nitrogens with one attached hydrogen (secondary N) is 1. The molecule has 0 aliphatic heterocycles. The molecule has 1 heterocycles. The van der Waals surface area contributed by atoms with Crippen molar-refractivity contribution >= 4 is 51.3 Å². The van der Waals surface area contributed by atoms with Gasteiger partial charge in [0.05, 0.1) is 22.8 Å². The van der Waals surface area contributed by atoms with Crippen LogP contribution in [0.2, 0.25) is 5.02 Å². The summed E-state index contributed by atoms with van der Waals surface area (Å²) in [5, 5.41) is 3.34. The molecule has 0 bridgehead atoms. The second-order valence-electron chi connectivity index (χ2n) is 5.58. The number of carbonyl (C=O) groups is 2. The van der Waals surface area contributed by atoms with Gasteiger partial charge in [-0.05, 0) is 43.3 Å². The number of nitrogen functional groups attached to an aromatic ring is 1. The van der Waals surface area contributed by atoms with E-state index in [4.69, 9.17) is 22.1 Å². The highest BCUT2D eigenvalue weighted by Crippen LogP contribution is 2.32. The van der Waals surface area contributed by atoms with Gasteiger partial charge in [-0.25, -0.2) is 14.2 Å². The molecule has 1 aromatic heterocycles. The van der Waals surface area contributed by atoms with E-state index in [0.29, 0.717) is 23.0 Å². The molecule has 0 saturated heterocycles. The number of anilines is 3. The first-order valence-corrected chi connectivity index (χ1v) is 9.39. The summed E-state index contributed by atoms with van der Waals surface area (Å²) in [5.74, 6) is -1.81. The standard InChI is InChI=1S/C19H15ClFN3O3S/c1-2-27-18(26)10-6-8-11(9-7-10)23-19-24-17(22)16(28-19)15(25)14-12(20)4-3-5-13(14)21/h3-9H,2,22H2,1H3,(H,23,24). The average Bonchev–Trinajstić information content (AvgIpc) is 3.02. The molecule has 28 heavy (non-hydrogen) atoms. The Kier molecular flexibility index (Phi) is 5.91. The van der Waals surface area contributed by atoms with Gasteiger partial charge >= 0.3 is 5.97 Å². The predicted octanol–water partition coefficient (Wildman–Crippen LogP) is 4.67. The molecule has 3 rings (SSSR count). The van der Waals surface area contributed by atoms with E-state index in [9.17, 15) is 14.0 Å². The quantitative estimate of drug-likeness (QED) is 0.445. The lowest BCUT2D eigenvalue weighted by Crippen LogP contribution is -2.06. The van der Waals surface area contributed by atoms with Crippen molar-refractivity contribution in [3.63, 3.8) is 0 Å². The largest absolute Gasteiger partial charge is 0.462 e. The van der Waals surface area contributed by atoms with Crippen LogP contribution in [-0.2, 0) is 4.74 Å². The van der Waals surface area contributed by atoms with E-state index in [0.717, 1.165) is 17.4 Å². The summed E-state index contributed by atoms with van der Waals surface area (Å²) in [6.45, 7) is 2.02. The number of halogens is 2. The summed E-state index contributed by atoms with van der Waals surface area (Å²) < 4.78 is 18.9. The van der Waals surface area contributed by atoms with E-state index in [-0.39, 0.29) is 21.3 Å². The van der Waals surface area contributed by atoms with E-state index in [1.54, 1.807) is 31.2 Å². The predicted molar refractivity (Wildman–Crippen MR) is 107 cm³/mol. The molecular weight excluding hydrogens is 405 g/mol. The third-order valence-electron chi connectivity index (χ3n) is 3.70. The van der Waals surface area contributed by atoms with Gasteiger partial charge < -0.3 is 15.8 Å². The maximum Gasteiger partial charge on any atom is 0.338 e. The molecule has 0 aliphatic carbocycles. The fourth-order valence-corrected chi connectivity index (χ4v) is 3.50. The number of carbonyl (C=O) groups excluding carboxylic acids is 2. The third-order valence-corrected chi connectivity index (χ3v) is 5.00. The van der Waals surface area contributed by atoms with Crippen molar-refractivity contribution in [2.24, 2.45) is 0 Å². The van der Waals surface area contributed by atoms with E-state index < -0.39 is 17.6 Å². The van der Waals surface area contributed by atoms with Crippen LogP contribution in [0.25, 0.3) is 0 Å². The van der Waals surface area contributed by atoms with Gasteiger partial charge in [0.2, 0.25) is 5.78 Å². The molecule has 2 aromatic carbocycles. The van der Waals surface area contributed by atoms with Crippen LogP contribution < -0.4 is 11.1 Å². The summed E-state index contributed by atoms with van der Waals surface area (Å²) in [4.78, 5) is 28.5. The smallest absolute Gasteiger partial charge is 0.338 e. The fraction of sp³-hybridized carbons (Fsp3) is 0.105. The van der Waals surface area contributed by atoms with E-state index in [1.807, 2.05) is 0 Å². The summed E-state index contributed by atoms with van der Waals surface area (Å²) in [6.07, 6.45) is 0. The second kappa shape index (κ2) is 8.37. The van der Waals surface area contributed by atoms with Crippen LogP contribution in [0.3, 0.4) is 0 Å². The van der Waals surface area contributed by atoms with Crippen LogP contribution in [0.15, 0.2) is 42.5 Å². The third kappa shape index (κ3) is 4.13. The van der Waals surface area contributed by atoms with E-state index >= 15 is 0 Å². The Balaban J connectivity index is 1.81. The zero-order chi connectivity index (χ0) is 20.3. The summed E-state index contributed by atoms with van der Waals surface area (Å²) in [6, 6.07) is 10.5. The summed E-state index contributed by atoms with van der Waals surface area (Å²) >= 11 is 6.93. The van der Waals surface area contributed by atoms with Gasteiger partial charge in [-0.3, -0.25) is 4.79 Å². The van der Waals surface area contributed by atoms with Crippen molar-refractivity contribution in [3.05, 3.63) is 69.3 Å². The van der Waals surface area contributed by atoms with Crippen molar-refractivity contribution in [2.45, 2.75) is 6.92 Å². The number of ether oxygens (including phenoxy) is 1. The topological polar surface area (TPSA) is 94.3 Å². The number of aromatic nitrogens is 1. The molecule has 144 valence electrons. The zero-order valence-electron chi connectivity index (χ0n) is 14.7. The minimum atomic E-state index is -0.727. The molecule has 0 atom stereocenters. The van der Waals surface area contributed by atoms with Crippen LogP contribution in [-0.4, -0.2) is 23.3 Å². The van der Waals surface area contributed by atoms with Crippen molar-refractivity contribution in [3.8, 4) is 0 Å². The highest BCUT2D eigenvalue weighted by Gasteiger charge is 2.23. The van der Waals surface area contributed by atoms with Crippen molar-refractivity contribution in [1.29, 1.82) is 0 Å². The molecule has 9 heteroatoms. The zero-order valence-corrected chi connectivity index (χ0v) is 16.2. The van der Waals surface area contributed by atoms with Gasteiger partial charge in [0.15, 0.2) is 5.13 Å². The summed E-state index contributed by atoms with van der Waals surface area (Å²) in [7, 11) is 0. The molecule has 3 aromatic rings. The first-order valence-electron chi connectivity index (χ1n) is 8.20. The lowest BCUT2D eigenvalue weighted by atomic mass is 10.1. The first-order chi connectivity index (χ1) is 13.4. The highest BCUT2D eigenvalue weighted by atomic mass is 35.5. The van der Waals surface area contributed by atoms with Gasteiger partial charge in [-0.15, -0.1) is 0 Å². The number of hydrogen-bond donors (Lipinski definition) is 2. The Hall–Kier alpha value is -2.97. The molecule has 3 N–H and O–H groups in total. The molecule has 6 nitrogen and oxygen atoms in total. The Morgan fingerprint density at radius 1 is 1.25 bits per heavy atom. The van der Waals surface area contributed by atoms with E-state index in [1.165, 1.54) is 12.1 Å². The first kappa shape index (κ1) is 19.8. The normalized spacial score (nSPS) is 10.5. The number of ketones is 1. The second-order valence-corrected chi connectivity index (χ2v) is 6.99. The lowest BCUT2D eigenvalue weighted by Gasteiger charge is -2.05. The molecule has 0 saturated carbocycles. The van der Waals surface area contributed by atoms with Crippen molar-refractivity contribution in [1.82, 2.24) is 4.98 Å². The summed E-state index contributed by atoms with van der Waals surface area (Å²) in [5.41, 5.74) is 6.64. The monoisotopic (exact) mass is 419 g/mol. The van der Waals surface area contributed by atoms with Crippen molar-refractivity contribution in [2.75, 3.05) is 17.7 Å².